The highest BCUT2D eigenvalue weighted by Gasteiger charge is 2.30. The van der Waals surface area contributed by atoms with Gasteiger partial charge in [-0.15, -0.1) is 24.0 Å². The van der Waals surface area contributed by atoms with E-state index >= 15 is 0 Å². The Morgan fingerprint density at radius 1 is 1.30 bits per heavy atom. The first-order valence-electron chi connectivity index (χ1n) is 7.38. The topological polar surface area (TPSA) is 32.5 Å². The van der Waals surface area contributed by atoms with E-state index in [0.717, 1.165) is 11.6 Å². The van der Waals surface area contributed by atoms with Gasteiger partial charge in [-0.25, -0.2) is 0 Å². The van der Waals surface area contributed by atoms with E-state index in [-0.39, 0.29) is 24.0 Å². The summed E-state index contributed by atoms with van der Waals surface area (Å²) in [5.41, 5.74) is 7.91. The van der Waals surface area contributed by atoms with Crippen LogP contribution >= 0.6 is 24.0 Å². The summed E-state index contributed by atoms with van der Waals surface area (Å²) in [5, 5.41) is 0. The summed E-state index contributed by atoms with van der Waals surface area (Å²) in [6.07, 6.45) is 3.86. The van der Waals surface area contributed by atoms with Crippen molar-refractivity contribution in [3.8, 4) is 0 Å². The second-order valence-electron chi connectivity index (χ2n) is 5.91. The molecule has 2 N–H and O–H groups in total. The molecule has 0 amide bonds. The largest absolute Gasteiger partial charge is 0.399 e. The van der Waals surface area contributed by atoms with Gasteiger partial charge >= 0.3 is 0 Å². The van der Waals surface area contributed by atoms with E-state index in [9.17, 15) is 0 Å². The lowest BCUT2D eigenvalue weighted by atomic mass is 9.94. The Bertz CT molecular complexity index is 391. The molecule has 20 heavy (non-hydrogen) atoms. The number of rotatable bonds is 5. The molecule has 3 nitrogen and oxygen atoms in total. The SMILES string of the molecule is CCCC(C1CCN(c2ccc(N)cc2)C1)N(C)C.I. The van der Waals surface area contributed by atoms with Gasteiger partial charge < -0.3 is 15.5 Å². The van der Waals surface area contributed by atoms with Gasteiger partial charge in [0.05, 0.1) is 0 Å². The van der Waals surface area contributed by atoms with E-state index in [2.05, 4.69) is 43.0 Å². The van der Waals surface area contributed by atoms with E-state index < -0.39 is 0 Å². The summed E-state index contributed by atoms with van der Waals surface area (Å²) >= 11 is 0. The molecule has 2 rings (SSSR count). The van der Waals surface area contributed by atoms with Crippen LogP contribution in [0.25, 0.3) is 0 Å². The fraction of sp³-hybridized carbons (Fsp3) is 0.625. The molecule has 1 aliphatic heterocycles. The minimum Gasteiger partial charge on any atom is -0.399 e. The Labute approximate surface area is 140 Å². The van der Waals surface area contributed by atoms with Gasteiger partial charge in [-0.2, -0.15) is 0 Å². The first-order chi connectivity index (χ1) is 9.11. The summed E-state index contributed by atoms with van der Waals surface area (Å²) in [6.45, 7) is 4.62. The summed E-state index contributed by atoms with van der Waals surface area (Å²) in [6, 6.07) is 8.99. The van der Waals surface area contributed by atoms with E-state index in [1.54, 1.807) is 0 Å². The lowest BCUT2D eigenvalue weighted by Gasteiger charge is -2.30. The molecule has 2 atom stereocenters. The van der Waals surface area contributed by atoms with E-state index in [4.69, 9.17) is 5.73 Å². The summed E-state index contributed by atoms with van der Waals surface area (Å²) in [4.78, 5) is 4.90. The highest BCUT2D eigenvalue weighted by atomic mass is 127. The Balaban J connectivity index is 0.00000200. The average Bonchev–Trinajstić information content (AvgIpc) is 2.85. The molecule has 4 heteroatoms. The summed E-state index contributed by atoms with van der Waals surface area (Å²) in [5.74, 6) is 0.785. The minimum atomic E-state index is 0. The van der Waals surface area contributed by atoms with Crippen LogP contribution in [0.2, 0.25) is 0 Å². The first kappa shape index (κ1) is 17.6. The minimum absolute atomic E-state index is 0. The lowest BCUT2D eigenvalue weighted by molar-refractivity contribution is 0.207. The van der Waals surface area contributed by atoms with Gasteiger partial charge in [0.25, 0.3) is 0 Å². The number of halogens is 1. The zero-order chi connectivity index (χ0) is 13.8. The van der Waals surface area contributed by atoms with Crippen LogP contribution in [-0.2, 0) is 0 Å². The second-order valence-corrected chi connectivity index (χ2v) is 5.91. The molecular formula is C16H28IN3. The molecule has 1 fully saturated rings. The molecule has 0 spiro atoms. The Morgan fingerprint density at radius 2 is 1.95 bits per heavy atom. The number of nitrogens with two attached hydrogens (primary N) is 1. The number of benzene rings is 1. The molecule has 0 saturated carbocycles. The maximum atomic E-state index is 5.75. The molecule has 1 heterocycles. The lowest BCUT2D eigenvalue weighted by Crippen LogP contribution is -2.36. The molecule has 1 aliphatic rings. The molecular weight excluding hydrogens is 361 g/mol. The molecule has 1 aromatic carbocycles. The molecule has 114 valence electrons. The molecule has 1 saturated heterocycles. The number of hydrogen-bond acceptors (Lipinski definition) is 3. The van der Waals surface area contributed by atoms with Crippen LogP contribution in [0.5, 0.6) is 0 Å². The third kappa shape index (κ3) is 4.25. The number of anilines is 2. The maximum absolute atomic E-state index is 5.75. The van der Waals surface area contributed by atoms with Gasteiger partial charge in [0.15, 0.2) is 0 Å². The van der Waals surface area contributed by atoms with Crippen molar-refractivity contribution in [1.29, 1.82) is 0 Å². The van der Waals surface area contributed by atoms with Crippen molar-refractivity contribution >= 4 is 35.4 Å². The van der Waals surface area contributed by atoms with Crippen LogP contribution in [0.4, 0.5) is 11.4 Å². The molecule has 1 aromatic rings. The standard InChI is InChI=1S/C16H27N3.HI/c1-4-5-16(18(2)3)13-10-11-19(12-13)15-8-6-14(17)7-9-15;/h6-9,13,16H,4-5,10-12,17H2,1-3H3;1H. The molecule has 0 aliphatic carbocycles. The summed E-state index contributed by atoms with van der Waals surface area (Å²) < 4.78 is 0. The predicted octanol–water partition coefficient (Wildman–Crippen LogP) is 3.44. The van der Waals surface area contributed by atoms with Gasteiger partial charge in [-0.05, 0) is 57.1 Å². The van der Waals surface area contributed by atoms with E-state index in [1.807, 2.05) is 12.1 Å². The molecule has 0 radical (unpaired) electrons. The highest BCUT2D eigenvalue weighted by Crippen LogP contribution is 2.29. The number of nitrogen functional groups attached to an aromatic ring is 1. The van der Waals surface area contributed by atoms with Gasteiger partial charge in [0, 0.05) is 30.5 Å². The second kappa shape index (κ2) is 8.08. The zero-order valence-electron chi connectivity index (χ0n) is 12.9. The van der Waals surface area contributed by atoms with Gasteiger partial charge in [-0.1, -0.05) is 13.3 Å². The van der Waals surface area contributed by atoms with Crippen molar-refractivity contribution in [2.45, 2.75) is 32.2 Å². The fourth-order valence-corrected chi connectivity index (χ4v) is 3.23. The Hall–Kier alpha value is -0.490. The fourth-order valence-electron chi connectivity index (χ4n) is 3.23. The van der Waals surface area contributed by atoms with Crippen molar-refractivity contribution in [3.63, 3.8) is 0 Å². The molecule has 0 aromatic heterocycles. The van der Waals surface area contributed by atoms with Crippen LogP contribution in [0.15, 0.2) is 24.3 Å². The van der Waals surface area contributed by atoms with Crippen molar-refractivity contribution < 1.29 is 0 Å². The molecule has 0 bridgehead atoms. The van der Waals surface area contributed by atoms with Gasteiger partial charge in [0.2, 0.25) is 0 Å². The Kier molecular flexibility index (Phi) is 7.09. The van der Waals surface area contributed by atoms with E-state index in [1.165, 1.54) is 38.0 Å². The normalized spacial score (nSPS) is 20.0. The Morgan fingerprint density at radius 3 is 2.50 bits per heavy atom. The van der Waals surface area contributed by atoms with Crippen molar-refractivity contribution in [2.75, 3.05) is 37.8 Å². The van der Waals surface area contributed by atoms with Crippen LogP contribution < -0.4 is 10.6 Å². The highest BCUT2D eigenvalue weighted by molar-refractivity contribution is 14.0. The van der Waals surface area contributed by atoms with Crippen molar-refractivity contribution in [3.05, 3.63) is 24.3 Å². The maximum Gasteiger partial charge on any atom is 0.0367 e. The van der Waals surface area contributed by atoms with Crippen LogP contribution in [-0.4, -0.2) is 38.1 Å². The predicted molar refractivity (Wildman–Crippen MR) is 99.0 cm³/mol. The number of nitrogens with zero attached hydrogens (tertiary/aromatic N) is 2. The monoisotopic (exact) mass is 389 g/mol. The van der Waals surface area contributed by atoms with Crippen LogP contribution in [0, 0.1) is 5.92 Å². The smallest absolute Gasteiger partial charge is 0.0367 e. The third-order valence-electron chi connectivity index (χ3n) is 4.27. The van der Waals surface area contributed by atoms with Gasteiger partial charge in [0.1, 0.15) is 0 Å². The van der Waals surface area contributed by atoms with Gasteiger partial charge in [-0.3, -0.25) is 0 Å². The summed E-state index contributed by atoms with van der Waals surface area (Å²) in [7, 11) is 4.43. The van der Waals surface area contributed by atoms with Crippen molar-refractivity contribution in [1.82, 2.24) is 4.90 Å². The van der Waals surface area contributed by atoms with Crippen LogP contribution in [0.3, 0.4) is 0 Å². The quantitative estimate of drug-likeness (QED) is 0.619. The van der Waals surface area contributed by atoms with Crippen LogP contribution in [0.1, 0.15) is 26.2 Å². The van der Waals surface area contributed by atoms with Crippen molar-refractivity contribution in [2.24, 2.45) is 5.92 Å². The number of hydrogen-bond donors (Lipinski definition) is 1. The third-order valence-corrected chi connectivity index (χ3v) is 4.27. The average molecular weight is 389 g/mol. The van der Waals surface area contributed by atoms with E-state index in [0.29, 0.717) is 6.04 Å². The zero-order valence-corrected chi connectivity index (χ0v) is 15.2. The first-order valence-corrected chi connectivity index (χ1v) is 7.38. The molecule has 2 unspecified atom stereocenters.